The van der Waals surface area contributed by atoms with E-state index < -0.39 is 10.0 Å². The third-order valence-electron chi connectivity index (χ3n) is 2.82. The number of sulfonamides is 1. The van der Waals surface area contributed by atoms with E-state index in [0.29, 0.717) is 23.8 Å². The van der Waals surface area contributed by atoms with Crippen LogP contribution in [0.2, 0.25) is 0 Å². The molecule has 0 aliphatic heterocycles. The first-order valence-corrected chi connectivity index (χ1v) is 8.61. The number of rotatable bonds is 7. The molecule has 110 valence electrons. The molecule has 0 aliphatic carbocycles. The summed E-state index contributed by atoms with van der Waals surface area (Å²) in [6.45, 7) is 9.10. The van der Waals surface area contributed by atoms with Crippen LogP contribution in [0.4, 0.5) is 0 Å². The number of thiazole rings is 1. The highest BCUT2D eigenvalue weighted by Gasteiger charge is 2.30. The fourth-order valence-corrected chi connectivity index (χ4v) is 4.65. The van der Waals surface area contributed by atoms with Crippen molar-refractivity contribution in [3.05, 3.63) is 11.2 Å². The second-order valence-corrected chi connectivity index (χ2v) is 8.80. The molecule has 0 saturated heterocycles. The zero-order valence-electron chi connectivity index (χ0n) is 12.0. The van der Waals surface area contributed by atoms with Gasteiger partial charge in [-0.15, -0.1) is 11.3 Å². The van der Waals surface area contributed by atoms with Gasteiger partial charge in [-0.05, 0) is 25.3 Å². The van der Waals surface area contributed by atoms with Gasteiger partial charge in [0.25, 0.3) is 10.0 Å². The van der Waals surface area contributed by atoms with Gasteiger partial charge in [-0.2, -0.15) is 4.31 Å². The summed E-state index contributed by atoms with van der Waals surface area (Å²) < 4.78 is 27.0. The highest BCUT2D eigenvalue weighted by Crippen LogP contribution is 2.25. The molecule has 0 unspecified atom stereocenters. The summed E-state index contributed by atoms with van der Waals surface area (Å²) in [4.78, 5) is 4.03. The Balaban J connectivity index is 3.04. The fraction of sp³-hybridized carbons (Fsp3) is 0.750. The number of nitrogens with two attached hydrogens (primary N) is 1. The molecule has 2 N–H and O–H groups in total. The van der Waals surface area contributed by atoms with Crippen LogP contribution in [0.1, 0.15) is 32.2 Å². The lowest BCUT2D eigenvalue weighted by atomic mass is 9.94. The summed E-state index contributed by atoms with van der Waals surface area (Å²) in [7, 11) is -3.45. The lowest BCUT2D eigenvalue weighted by Crippen LogP contribution is -2.42. The number of hydrogen-bond donors (Lipinski definition) is 1. The molecule has 19 heavy (non-hydrogen) atoms. The number of aromatic nitrogens is 1. The van der Waals surface area contributed by atoms with Crippen molar-refractivity contribution in [2.45, 2.75) is 38.3 Å². The maximum absolute atomic E-state index is 12.6. The first kappa shape index (κ1) is 16.6. The lowest BCUT2D eigenvalue weighted by Gasteiger charge is -2.30. The van der Waals surface area contributed by atoms with Crippen LogP contribution in [0.25, 0.3) is 0 Å². The quantitative estimate of drug-likeness (QED) is 0.834. The van der Waals surface area contributed by atoms with E-state index in [1.807, 2.05) is 20.8 Å². The van der Waals surface area contributed by atoms with Gasteiger partial charge in [0.2, 0.25) is 0 Å². The van der Waals surface area contributed by atoms with Crippen molar-refractivity contribution >= 4 is 21.4 Å². The third-order valence-corrected chi connectivity index (χ3v) is 6.02. The van der Waals surface area contributed by atoms with E-state index in [4.69, 9.17) is 5.73 Å². The van der Waals surface area contributed by atoms with Gasteiger partial charge in [0.1, 0.15) is 0 Å². The molecule has 0 radical (unpaired) electrons. The molecule has 0 aliphatic rings. The van der Waals surface area contributed by atoms with Crippen LogP contribution in [-0.2, 0) is 10.0 Å². The minimum Gasteiger partial charge on any atom is -0.330 e. The van der Waals surface area contributed by atoms with Crippen LogP contribution >= 0.6 is 11.3 Å². The van der Waals surface area contributed by atoms with E-state index in [1.54, 1.807) is 6.92 Å². The second-order valence-electron chi connectivity index (χ2n) is 5.41. The van der Waals surface area contributed by atoms with Gasteiger partial charge in [-0.3, -0.25) is 0 Å². The standard InChI is InChI=1S/C12H23N3O2S2/c1-5-6-15(9-12(3,4)8-13)19(16,17)11-7-14-10(2)18-11/h7H,5-6,8-9,13H2,1-4H3. The topological polar surface area (TPSA) is 76.3 Å². The average Bonchev–Trinajstić information content (AvgIpc) is 2.76. The normalized spacial score (nSPS) is 13.2. The predicted octanol–water partition coefficient (Wildman–Crippen LogP) is 1.84. The average molecular weight is 305 g/mol. The van der Waals surface area contributed by atoms with Crippen molar-refractivity contribution in [3.63, 3.8) is 0 Å². The molecule has 0 spiro atoms. The molecule has 1 rings (SSSR count). The monoisotopic (exact) mass is 305 g/mol. The number of aryl methyl sites for hydroxylation is 1. The van der Waals surface area contributed by atoms with Gasteiger partial charge >= 0.3 is 0 Å². The molecular formula is C12H23N3O2S2. The Morgan fingerprint density at radius 1 is 1.47 bits per heavy atom. The van der Waals surface area contributed by atoms with Crippen LogP contribution in [-0.4, -0.2) is 37.3 Å². The maximum atomic E-state index is 12.6. The van der Waals surface area contributed by atoms with Gasteiger partial charge in [0.15, 0.2) is 4.21 Å². The Morgan fingerprint density at radius 3 is 2.53 bits per heavy atom. The zero-order valence-corrected chi connectivity index (χ0v) is 13.6. The van der Waals surface area contributed by atoms with E-state index >= 15 is 0 Å². The van der Waals surface area contributed by atoms with Gasteiger partial charge in [0, 0.05) is 13.1 Å². The molecule has 7 heteroatoms. The molecule has 0 bridgehead atoms. The molecule has 0 saturated carbocycles. The van der Waals surface area contributed by atoms with E-state index in [0.717, 1.165) is 11.4 Å². The molecule has 1 aromatic heterocycles. The smallest absolute Gasteiger partial charge is 0.254 e. The first-order valence-electron chi connectivity index (χ1n) is 6.35. The van der Waals surface area contributed by atoms with Crippen LogP contribution < -0.4 is 5.73 Å². The van der Waals surface area contributed by atoms with Crippen LogP contribution in [0.3, 0.4) is 0 Å². The Kier molecular flexibility index (Phi) is 5.49. The fourth-order valence-electron chi connectivity index (χ4n) is 1.66. The highest BCUT2D eigenvalue weighted by atomic mass is 32.2. The van der Waals surface area contributed by atoms with E-state index in [2.05, 4.69) is 4.98 Å². The van der Waals surface area contributed by atoms with Crippen molar-refractivity contribution in [2.75, 3.05) is 19.6 Å². The van der Waals surface area contributed by atoms with E-state index in [9.17, 15) is 8.42 Å². The molecule has 0 amide bonds. The molecule has 0 fully saturated rings. The summed E-state index contributed by atoms with van der Waals surface area (Å²) in [6.07, 6.45) is 2.21. The summed E-state index contributed by atoms with van der Waals surface area (Å²) in [6, 6.07) is 0. The number of nitrogens with zero attached hydrogens (tertiary/aromatic N) is 2. The minimum absolute atomic E-state index is 0.234. The van der Waals surface area contributed by atoms with E-state index in [-0.39, 0.29) is 5.41 Å². The largest absolute Gasteiger partial charge is 0.330 e. The minimum atomic E-state index is -3.45. The predicted molar refractivity (Wildman–Crippen MR) is 78.7 cm³/mol. The lowest BCUT2D eigenvalue weighted by molar-refractivity contribution is 0.267. The molecule has 1 aromatic rings. The van der Waals surface area contributed by atoms with E-state index in [1.165, 1.54) is 21.8 Å². The second kappa shape index (κ2) is 6.30. The van der Waals surface area contributed by atoms with Gasteiger partial charge < -0.3 is 5.73 Å². The molecule has 5 nitrogen and oxygen atoms in total. The SMILES string of the molecule is CCCN(CC(C)(C)CN)S(=O)(=O)c1cnc(C)s1. The van der Waals surface area contributed by atoms with Crippen molar-refractivity contribution in [1.29, 1.82) is 0 Å². The maximum Gasteiger partial charge on any atom is 0.254 e. The van der Waals surface area contributed by atoms with Crippen LogP contribution in [0, 0.1) is 12.3 Å². The van der Waals surface area contributed by atoms with Crippen LogP contribution in [0.5, 0.6) is 0 Å². The van der Waals surface area contributed by atoms with Crippen molar-refractivity contribution in [1.82, 2.24) is 9.29 Å². The zero-order chi connectivity index (χ0) is 14.7. The van der Waals surface area contributed by atoms with Gasteiger partial charge in [-0.1, -0.05) is 20.8 Å². The molecule has 1 heterocycles. The third kappa shape index (κ3) is 4.24. The first-order chi connectivity index (χ1) is 8.73. The van der Waals surface area contributed by atoms with Crippen LogP contribution in [0.15, 0.2) is 10.4 Å². The highest BCUT2D eigenvalue weighted by molar-refractivity contribution is 7.91. The number of hydrogen-bond acceptors (Lipinski definition) is 5. The van der Waals surface area contributed by atoms with Gasteiger partial charge in [0.05, 0.1) is 11.2 Å². The van der Waals surface area contributed by atoms with Gasteiger partial charge in [-0.25, -0.2) is 13.4 Å². The van der Waals surface area contributed by atoms with Crippen molar-refractivity contribution in [2.24, 2.45) is 11.1 Å². The summed E-state index contributed by atoms with van der Waals surface area (Å²) in [5, 5.41) is 0.758. The molecular weight excluding hydrogens is 282 g/mol. The Hall–Kier alpha value is -0.500. The Bertz CT molecular complexity index is 509. The summed E-state index contributed by atoms with van der Waals surface area (Å²) in [5.41, 5.74) is 5.47. The van der Waals surface area contributed by atoms with Crippen molar-refractivity contribution < 1.29 is 8.42 Å². The summed E-state index contributed by atoms with van der Waals surface area (Å²) >= 11 is 1.21. The summed E-state index contributed by atoms with van der Waals surface area (Å²) in [5.74, 6) is 0. The Labute approximate surface area is 119 Å². The Morgan fingerprint density at radius 2 is 2.11 bits per heavy atom. The molecule has 0 atom stereocenters. The van der Waals surface area contributed by atoms with Crippen molar-refractivity contribution in [3.8, 4) is 0 Å². The molecule has 0 aromatic carbocycles.